The first-order chi connectivity index (χ1) is 19.0. The van der Waals surface area contributed by atoms with Crippen LogP contribution < -0.4 is 5.32 Å². The maximum atomic E-state index is 13.9. The molecule has 4 aliphatic carbocycles. The van der Waals surface area contributed by atoms with Gasteiger partial charge in [-0.2, -0.15) is 0 Å². The van der Waals surface area contributed by atoms with E-state index >= 15 is 0 Å². The summed E-state index contributed by atoms with van der Waals surface area (Å²) in [7, 11) is 0. The highest BCUT2D eigenvalue weighted by molar-refractivity contribution is 7.15. The zero-order chi connectivity index (χ0) is 26.4. The van der Waals surface area contributed by atoms with E-state index in [1.165, 1.54) is 49.8 Å². The minimum Gasteiger partial charge on any atom is -0.379 e. The lowest BCUT2D eigenvalue weighted by atomic mass is 9.53. The number of imidazole rings is 1. The number of fused-ring (bicyclic) bond motifs is 1. The number of nitrogens with one attached hydrogen (secondary N) is 1. The number of carbonyl (C=O) groups is 1. The molecule has 1 N–H and O–H groups in total. The van der Waals surface area contributed by atoms with E-state index in [4.69, 9.17) is 9.72 Å². The van der Waals surface area contributed by atoms with Crippen molar-refractivity contribution in [3.8, 4) is 11.3 Å². The zero-order valence-corrected chi connectivity index (χ0v) is 23.9. The molecule has 8 heteroatoms. The smallest absolute Gasteiger partial charge is 0.317 e. The summed E-state index contributed by atoms with van der Waals surface area (Å²) in [6.07, 6.45) is 10.7. The van der Waals surface area contributed by atoms with Crippen LogP contribution in [-0.4, -0.2) is 76.7 Å². The van der Waals surface area contributed by atoms with Gasteiger partial charge in [-0.25, -0.2) is 9.78 Å². The Labute approximate surface area is 235 Å². The summed E-state index contributed by atoms with van der Waals surface area (Å²) in [6, 6.07) is 8.70. The second-order valence-electron chi connectivity index (χ2n) is 12.7. The van der Waals surface area contributed by atoms with E-state index in [9.17, 15) is 4.79 Å². The van der Waals surface area contributed by atoms with E-state index in [-0.39, 0.29) is 11.6 Å². The molecular weight excluding hydrogens is 506 g/mol. The van der Waals surface area contributed by atoms with Gasteiger partial charge in [0.05, 0.1) is 18.9 Å². The van der Waals surface area contributed by atoms with Crippen LogP contribution in [0.3, 0.4) is 0 Å². The number of hydrogen-bond donors (Lipinski definition) is 1. The number of aryl methyl sites for hydroxylation is 1. The van der Waals surface area contributed by atoms with E-state index in [2.05, 4.69) is 62.3 Å². The van der Waals surface area contributed by atoms with Crippen molar-refractivity contribution in [2.75, 3.05) is 45.9 Å². The van der Waals surface area contributed by atoms with Crippen molar-refractivity contribution in [1.29, 1.82) is 0 Å². The molecule has 1 aromatic carbocycles. The third-order valence-corrected chi connectivity index (χ3v) is 10.6. The van der Waals surface area contributed by atoms with Gasteiger partial charge in [-0.1, -0.05) is 29.8 Å². The summed E-state index contributed by atoms with van der Waals surface area (Å²) in [5.41, 5.74) is 4.66. The van der Waals surface area contributed by atoms with Gasteiger partial charge in [-0.3, -0.25) is 9.30 Å². The average molecular weight is 548 g/mol. The number of morpholine rings is 1. The molecule has 0 radical (unpaired) electrons. The van der Waals surface area contributed by atoms with Crippen LogP contribution in [0.4, 0.5) is 4.79 Å². The zero-order valence-electron chi connectivity index (χ0n) is 23.1. The highest BCUT2D eigenvalue weighted by Crippen LogP contribution is 2.55. The molecule has 1 saturated heterocycles. The van der Waals surface area contributed by atoms with Crippen molar-refractivity contribution < 1.29 is 9.53 Å². The highest BCUT2D eigenvalue weighted by atomic mass is 32.1. The highest BCUT2D eigenvalue weighted by Gasteiger charge is 2.51. The van der Waals surface area contributed by atoms with Crippen LogP contribution in [0.1, 0.15) is 49.8 Å². The van der Waals surface area contributed by atoms with E-state index in [0.29, 0.717) is 6.54 Å². The Morgan fingerprint density at radius 1 is 1.08 bits per heavy atom. The summed E-state index contributed by atoms with van der Waals surface area (Å²) in [5, 5.41) is 5.84. The molecule has 4 bridgehead atoms. The number of aromatic nitrogens is 2. The molecule has 7 nitrogen and oxygen atoms in total. The molecule has 4 saturated carbocycles. The lowest BCUT2D eigenvalue weighted by Crippen LogP contribution is -2.62. The predicted octanol–water partition coefficient (Wildman–Crippen LogP) is 5.23. The maximum Gasteiger partial charge on any atom is 0.317 e. The Kier molecular flexibility index (Phi) is 6.89. The predicted molar refractivity (Wildman–Crippen MR) is 155 cm³/mol. The van der Waals surface area contributed by atoms with Crippen LogP contribution in [0, 0.1) is 24.7 Å². The Morgan fingerprint density at radius 2 is 1.77 bits per heavy atom. The number of nitrogens with zero attached hydrogens (tertiary/aromatic N) is 4. The van der Waals surface area contributed by atoms with Crippen molar-refractivity contribution >= 4 is 22.3 Å². The molecule has 5 fully saturated rings. The average Bonchev–Trinajstić information content (AvgIpc) is 3.50. The standard InChI is InChI=1S/C31H41N5O2S/c1-22-2-4-26(5-3-22)28-20-36-27(21-39-30(36)32-28)6-7-35(9-8-34-10-12-38-13-11-34)29(37)33-31-17-23-14-24(18-31)16-25(15-23)19-31/h2-5,20-21,23-25H,6-19H2,1H3,(H,33,37). The minimum absolute atomic E-state index is 0.0337. The fraction of sp³-hybridized carbons (Fsp3) is 0.613. The Balaban J connectivity index is 1.06. The lowest BCUT2D eigenvalue weighted by molar-refractivity contribution is -0.0160. The van der Waals surface area contributed by atoms with Gasteiger partial charge in [0.15, 0.2) is 4.96 Å². The summed E-state index contributed by atoms with van der Waals surface area (Å²) >= 11 is 1.68. The summed E-state index contributed by atoms with van der Waals surface area (Å²) in [5.74, 6) is 2.46. The molecule has 0 atom stereocenters. The van der Waals surface area contributed by atoms with Crippen molar-refractivity contribution in [2.45, 2.75) is 57.4 Å². The second kappa shape index (κ2) is 10.5. The first-order valence-corrected chi connectivity index (χ1v) is 15.8. The van der Waals surface area contributed by atoms with Gasteiger partial charge in [0, 0.05) is 67.5 Å². The molecule has 5 aliphatic rings. The van der Waals surface area contributed by atoms with E-state index in [1.54, 1.807) is 11.3 Å². The molecule has 0 spiro atoms. The number of hydrogen-bond acceptors (Lipinski definition) is 5. The maximum absolute atomic E-state index is 13.9. The monoisotopic (exact) mass is 547 g/mol. The van der Waals surface area contributed by atoms with Gasteiger partial charge < -0.3 is 15.0 Å². The third kappa shape index (κ3) is 5.35. The van der Waals surface area contributed by atoms with Gasteiger partial charge >= 0.3 is 6.03 Å². The van der Waals surface area contributed by atoms with Crippen molar-refractivity contribution in [2.24, 2.45) is 17.8 Å². The normalized spacial score (nSPS) is 28.3. The lowest BCUT2D eigenvalue weighted by Gasteiger charge is -2.57. The first kappa shape index (κ1) is 25.5. The van der Waals surface area contributed by atoms with Gasteiger partial charge in [-0.05, 0) is 63.2 Å². The molecule has 208 valence electrons. The van der Waals surface area contributed by atoms with Crippen LogP contribution in [-0.2, 0) is 11.2 Å². The van der Waals surface area contributed by atoms with Gasteiger partial charge in [0.1, 0.15) is 0 Å². The van der Waals surface area contributed by atoms with Gasteiger partial charge in [0.25, 0.3) is 0 Å². The molecular formula is C31H41N5O2S. The molecule has 8 rings (SSSR count). The first-order valence-electron chi connectivity index (χ1n) is 14.9. The van der Waals surface area contributed by atoms with Crippen molar-refractivity contribution in [3.05, 3.63) is 47.1 Å². The number of urea groups is 1. The summed E-state index contributed by atoms with van der Waals surface area (Å²) in [6.45, 7) is 7.96. The van der Waals surface area contributed by atoms with E-state index in [1.807, 2.05) is 0 Å². The quantitative estimate of drug-likeness (QED) is 0.420. The fourth-order valence-corrected chi connectivity index (χ4v) is 9.00. The number of carbonyl (C=O) groups excluding carboxylic acids is 1. The summed E-state index contributed by atoms with van der Waals surface area (Å²) < 4.78 is 7.77. The number of rotatable bonds is 8. The Bertz CT molecular complexity index is 1270. The topological polar surface area (TPSA) is 62.1 Å². The number of benzene rings is 1. The minimum atomic E-state index is 0.0337. The number of thiazole rings is 1. The van der Waals surface area contributed by atoms with Crippen molar-refractivity contribution in [3.63, 3.8) is 0 Å². The SMILES string of the molecule is Cc1ccc(-c2cn3c(CCN(CCN4CCOCC4)C(=O)NC45CC6CC(CC(C6)C4)C5)csc3n2)cc1. The molecule has 1 aliphatic heterocycles. The Morgan fingerprint density at radius 3 is 2.46 bits per heavy atom. The van der Waals surface area contributed by atoms with Gasteiger partial charge in [-0.15, -0.1) is 11.3 Å². The number of ether oxygens (including phenoxy) is 1. The Hall–Kier alpha value is -2.42. The fourth-order valence-electron chi connectivity index (χ4n) is 8.09. The molecule has 2 aromatic heterocycles. The van der Waals surface area contributed by atoms with Crippen LogP contribution >= 0.6 is 11.3 Å². The van der Waals surface area contributed by atoms with Crippen LogP contribution in [0.15, 0.2) is 35.8 Å². The van der Waals surface area contributed by atoms with Crippen LogP contribution in [0.25, 0.3) is 16.2 Å². The van der Waals surface area contributed by atoms with E-state index < -0.39 is 0 Å². The summed E-state index contributed by atoms with van der Waals surface area (Å²) in [4.78, 5) is 24.3. The molecule has 2 amide bonds. The third-order valence-electron chi connectivity index (χ3n) is 9.76. The van der Waals surface area contributed by atoms with Gasteiger partial charge in [0.2, 0.25) is 0 Å². The molecule has 0 unspecified atom stereocenters. The number of amides is 2. The van der Waals surface area contributed by atoms with E-state index in [0.717, 1.165) is 79.8 Å². The molecule has 3 aromatic rings. The van der Waals surface area contributed by atoms with Crippen LogP contribution in [0.5, 0.6) is 0 Å². The van der Waals surface area contributed by atoms with Crippen LogP contribution in [0.2, 0.25) is 0 Å². The largest absolute Gasteiger partial charge is 0.379 e. The molecule has 39 heavy (non-hydrogen) atoms. The van der Waals surface area contributed by atoms with Crippen molar-refractivity contribution in [1.82, 2.24) is 24.5 Å². The molecule has 3 heterocycles. The second-order valence-corrected chi connectivity index (χ2v) is 13.5.